The fourth-order valence-electron chi connectivity index (χ4n) is 8.40. The molecule has 0 radical (unpaired) electrons. The number of carboxylic acids is 1. The molecule has 6 unspecified atom stereocenters. The van der Waals surface area contributed by atoms with Gasteiger partial charge in [0.15, 0.2) is 0 Å². The third kappa shape index (κ3) is 5.17. The van der Waals surface area contributed by atoms with Crippen LogP contribution in [0, 0.1) is 34.9 Å². The maximum Gasteiger partial charge on any atom is 0.303 e. The highest BCUT2D eigenvalue weighted by molar-refractivity contribution is 6.31. The molecular weight excluding hydrogens is 627 g/mol. The molecule has 2 N–H and O–H groups in total. The summed E-state index contributed by atoms with van der Waals surface area (Å²) in [5, 5.41) is 20.3. The molecule has 6 atom stereocenters. The number of nitrogens with zero attached hydrogens (tertiary/aromatic N) is 2. The maximum atomic E-state index is 14.5. The second kappa shape index (κ2) is 12.4. The zero-order valence-corrected chi connectivity index (χ0v) is 26.7. The van der Waals surface area contributed by atoms with Crippen LogP contribution in [0.1, 0.15) is 62.5 Å². The van der Waals surface area contributed by atoms with Gasteiger partial charge in [0.25, 0.3) is 0 Å². The number of carbonyl (C=O) groups excluding carboxylic acids is 4. The number of aliphatic carboxylic acids is 1. The molecule has 0 aromatic heterocycles. The third-order valence-electron chi connectivity index (χ3n) is 10.6. The SMILES string of the molecule is C=CCc1cccc(C2C3=CCC4C(=O)N(CCCCCC(=O)O)C(=O)C4C3CC3C(=O)N(c4ccc(F)c(Cl)c4)C(=O)C32C)c1O. The van der Waals surface area contributed by atoms with Crippen molar-refractivity contribution in [1.82, 2.24) is 4.90 Å². The molecule has 0 bridgehead atoms. The highest BCUT2D eigenvalue weighted by atomic mass is 35.5. The number of hydrogen-bond acceptors (Lipinski definition) is 6. The minimum atomic E-state index is -1.38. The first-order valence-corrected chi connectivity index (χ1v) is 16.3. The molecule has 1 saturated carbocycles. The van der Waals surface area contributed by atoms with Gasteiger partial charge in [0.05, 0.1) is 33.9 Å². The molecule has 4 amide bonds. The van der Waals surface area contributed by atoms with Gasteiger partial charge >= 0.3 is 5.97 Å². The van der Waals surface area contributed by atoms with Gasteiger partial charge in [-0.05, 0) is 68.7 Å². The van der Waals surface area contributed by atoms with Gasteiger partial charge in [-0.25, -0.2) is 9.29 Å². The van der Waals surface area contributed by atoms with E-state index < -0.39 is 58.6 Å². The lowest BCUT2D eigenvalue weighted by Crippen LogP contribution is -2.49. The van der Waals surface area contributed by atoms with Gasteiger partial charge in [-0.15, -0.1) is 6.58 Å². The zero-order chi connectivity index (χ0) is 33.8. The molecule has 2 aromatic carbocycles. The van der Waals surface area contributed by atoms with Crippen LogP contribution in [0.25, 0.3) is 0 Å². The molecule has 246 valence electrons. The van der Waals surface area contributed by atoms with Crippen LogP contribution in [-0.2, 0) is 30.4 Å². The summed E-state index contributed by atoms with van der Waals surface area (Å²) in [6.07, 6.45) is 5.80. The van der Waals surface area contributed by atoms with Crippen LogP contribution in [0.5, 0.6) is 5.75 Å². The monoisotopic (exact) mass is 662 g/mol. The van der Waals surface area contributed by atoms with Crippen molar-refractivity contribution in [2.75, 3.05) is 11.4 Å². The fourth-order valence-corrected chi connectivity index (χ4v) is 8.58. The molecular formula is C36H36ClFN2O7. The lowest BCUT2D eigenvalue weighted by Gasteiger charge is -2.49. The molecule has 2 aliphatic heterocycles. The summed E-state index contributed by atoms with van der Waals surface area (Å²) in [4.78, 5) is 69.6. The number of anilines is 1. The van der Waals surface area contributed by atoms with Crippen molar-refractivity contribution in [3.63, 3.8) is 0 Å². The number of hydrogen-bond donors (Lipinski definition) is 2. The lowest BCUT2D eigenvalue weighted by molar-refractivity contribution is -0.141. The molecule has 11 heteroatoms. The van der Waals surface area contributed by atoms with E-state index in [0.29, 0.717) is 36.8 Å². The first-order valence-electron chi connectivity index (χ1n) is 15.9. The summed E-state index contributed by atoms with van der Waals surface area (Å²) in [6.45, 7) is 5.67. The Labute approximate surface area is 276 Å². The van der Waals surface area contributed by atoms with Crippen LogP contribution in [0.2, 0.25) is 5.02 Å². The summed E-state index contributed by atoms with van der Waals surface area (Å²) >= 11 is 6.06. The average molecular weight is 663 g/mol. The molecule has 4 aliphatic rings. The number of fused-ring (bicyclic) bond motifs is 4. The number of aromatic hydroxyl groups is 1. The van der Waals surface area contributed by atoms with Crippen molar-refractivity contribution in [1.29, 1.82) is 0 Å². The summed E-state index contributed by atoms with van der Waals surface area (Å²) in [5.74, 6) is -6.92. The number of benzene rings is 2. The Balaban J connectivity index is 1.42. The average Bonchev–Trinajstić information content (AvgIpc) is 3.39. The van der Waals surface area contributed by atoms with E-state index in [2.05, 4.69) is 6.58 Å². The number of phenolic OH excluding ortho intramolecular Hbond substituents is 1. The Hall–Kier alpha value is -4.31. The van der Waals surface area contributed by atoms with Crippen molar-refractivity contribution in [3.8, 4) is 5.75 Å². The Bertz CT molecular complexity index is 1740. The second-order valence-electron chi connectivity index (χ2n) is 13.1. The van der Waals surface area contributed by atoms with Crippen LogP contribution >= 0.6 is 11.6 Å². The highest BCUT2D eigenvalue weighted by Crippen LogP contribution is 2.64. The first-order chi connectivity index (χ1) is 22.4. The topological polar surface area (TPSA) is 132 Å². The van der Waals surface area contributed by atoms with Crippen LogP contribution in [0.15, 0.2) is 60.7 Å². The van der Waals surface area contributed by atoms with E-state index in [1.54, 1.807) is 31.2 Å². The van der Waals surface area contributed by atoms with Crippen molar-refractivity contribution in [3.05, 3.63) is 82.7 Å². The van der Waals surface area contributed by atoms with E-state index in [4.69, 9.17) is 16.7 Å². The number of unbranched alkanes of at least 4 members (excludes halogenated alkanes) is 2. The van der Waals surface area contributed by atoms with Gasteiger partial charge in [-0.2, -0.15) is 0 Å². The largest absolute Gasteiger partial charge is 0.507 e. The number of imide groups is 2. The molecule has 3 fully saturated rings. The Kier molecular flexibility index (Phi) is 8.59. The van der Waals surface area contributed by atoms with Crippen molar-refractivity contribution < 1.29 is 38.6 Å². The van der Waals surface area contributed by atoms with E-state index >= 15 is 0 Å². The number of amides is 4. The number of carbonyl (C=O) groups is 5. The molecule has 47 heavy (non-hydrogen) atoms. The summed E-state index contributed by atoms with van der Waals surface area (Å²) in [7, 11) is 0. The third-order valence-corrected chi connectivity index (χ3v) is 10.9. The zero-order valence-electron chi connectivity index (χ0n) is 26.0. The normalized spacial score (nSPS) is 28.2. The van der Waals surface area contributed by atoms with Gasteiger partial charge in [0, 0.05) is 24.4 Å². The van der Waals surface area contributed by atoms with Crippen molar-refractivity contribution >= 4 is 46.9 Å². The number of likely N-dealkylation sites (tertiary alicyclic amines) is 1. The molecule has 6 rings (SSSR count). The van der Waals surface area contributed by atoms with Gasteiger partial charge in [0.2, 0.25) is 23.6 Å². The van der Waals surface area contributed by atoms with Crippen LogP contribution in [0.3, 0.4) is 0 Å². The summed E-state index contributed by atoms with van der Waals surface area (Å²) < 4.78 is 14.1. The highest BCUT2D eigenvalue weighted by Gasteiger charge is 2.67. The lowest BCUT2D eigenvalue weighted by atomic mass is 9.51. The van der Waals surface area contributed by atoms with E-state index in [-0.39, 0.29) is 54.1 Å². The molecule has 2 aliphatic carbocycles. The number of phenols is 1. The molecule has 2 heterocycles. The number of halogens is 2. The van der Waals surface area contributed by atoms with Gasteiger partial charge in [0.1, 0.15) is 11.6 Å². The van der Waals surface area contributed by atoms with Gasteiger partial charge in [-0.1, -0.05) is 53.9 Å². The Morgan fingerprint density at radius 2 is 1.85 bits per heavy atom. The standard InChI is InChI=1S/C36H36ClFN2O7/c1-3-8-19-9-7-10-23(31(19)43)30-21-13-14-22-29(34(46)39(32(22)44)16-6-4-5-11-28(41)42)24(21)18-25-33(45)40(35(47)36(25,30)2)20-12-15-27(38)26(37)17-20/h3,7,9-10,12-13,15,17,22,24-25,29-30,43H,1,4-6,8,11,14,16,18H2,2H3,(H,41,42). The number of para-hydroxylation sites is 1. The smallest absolute Gasteiger partial charge is 0.303 e. The van der Waals surface area contributed by atoms with Gasteiger partial charge in [-0.3, -0.25) is 28.9 Å². The summed E-state index contributed by atoms with van der Waals surface area (Å²) in [5.41, 5.74) is 0.516. The number of carboxylic acid groups (broad SMARTS) is 1. The molecule has 0 spiro atoms. The van der Waals surface area contributed by atoms with Crippen molar-refractivity contribution in [2.45, 2.75) is 57.8 Å². The minimum absolute atomic E-state index is 0.0127. The van der Waals surface area contributed by atoms with E-state index in [1.165, 1.54) is 17.0 Å². The predicted molar refractivity (Wildman–Crippen MR) is 171 cm³/mol. The second-order valence-corrected chi connectivity index (χ2v) is 13.5. The minimum Gasteiger partial charge on any atom is -0.507 e. The Morgan fingerprint density at radius 1 is 1.09 bits per heavy atom. The Morgan fingerprint density at radius 3 is 2.55 bits per heavy atom. The van der Waals surface area contributed by atoms with Crippen molar-refractivity contribution in [2.24, 2.45) is 29.1 Å². The van der Waals surface area contributed by atoms with Gasteiger partial charge < -0.3 is 10.2 Å². The predicted octanol–water partition coefficient (Wildman–Crippen LogP) is 5.79. The van der Waals surface area contributed by atoms with E-state index in [0.717, 1.165) is 16.5 Å². The molecule has 9 nitrogen and oxygen atoms in total. The number of allylic oxidation sites excluding steroid dienone is 3. The fraction of sp³-hybridized carbons (Fsp3) is 0.417. The first kappa shape index (κ1) is 32.6. The summed E-state index contributed by atoms with van der Waals surface area (Å²) in [6, 6.07) is 8.91. The molecule has 2 saturated heterocycles. The van der Waals surface area contributed by atoms with Crippen LogP contribution in [0.4, 0.5) is 10.1 Å². The van der Waals surface area contributed by atoms with Crippen LogP contribution in [-0.4, -0.2) is 51.3 Å². The van der Waals surface area contributed by atoms with Crippen LogP contribution < -0.4 is 4.90 Å². The number of rotatable bonds is 10. The van der Waals surface area contributed by atoms with E-state index in [9.17, 15) is 33.5 Å². The quantitative estimate of drug-likeness (QED) is 0.187. The van der Waals surface area contributed by atoms with E-state index in [1.807, 2.05) is 6.08 Å². The molecule has 2 aromatic rings. The maximum absolute atomic E-state index is 14.5.